The van der Waals surface area contributed by atoms with Crippen molar-refractivity contribution in [1.29, 1.82) is 0 Å². The second kappa shape index (κ2) is 9.20. The predicted molar refractivity (Wildman–Crippen MR) is 122 cm³/mol. The molecule has 3 N–H and O–H groups in total. The van der Waals surface area contributed by atoms with Crippen LogP contribution in [0, 0.1) is 13.8 Å². The molecule has 1 atom stereocenters. The summed E-state index contributed by atoms with van der Waals surface area (Å²) in [6.45, 7) is 6.74. The van der Waals surface area contributed by atoms with Gasteiger partial charge in [0.15, 0.2) is 5.11 Å². The maximum atomic E-state index is 12.6. The number of pyridine rings is 1. The number of nitrogens with zero attached hydrogens (tertiary/aromatic N) is 1. The largest absolute Gasteiger partial charge is 0.395 e. The van der Waals surface area contributed by atoms with Gasteiger partial charge in [-0.2, -0.15) is 0 Å². The van der Waals surface area contributed by atoms with E-state index in [0.717, 1.165) is 22.0 Å². The van der Waals surface area contributed by atoms with E-state index in [1.54, 1.807) is 0 Å². The van der Waals surface area contributed by atoms with Crippen molar-refractivity contribution < 1.29 is 5.11 Å². The van der Waals surface area contributed by atoms with Crippen molar-refractivity contribution >= 4 is 28.2 Å². The number of aliphatic hydroxyl groups excluding tert-OH is 1. The van der Waals surface area contributed by atoms with E-state index in [9.17, 15) is 9.90 Å². The molecule has 0 unspecified atom stereocenters. The molecule has 0 fully saturated rings. The van der Waals surface area contributed by atoms with Crippen molar-refractivity contribution in [3.63, 3.8) is 0 Å². The summed E-state index contributed by atoms with van der Waals surface area (Å²) in [5.74, 6) is 0. The van der Waals surface area contributed by atoms with Crippen LogP contribution in [0.5, 0.6) is 0 Å². The van der Waals surface area contributed by atoms with Gasteiger partial charge in [0.2, 0.25) is 0 Å². The molecule has 0 bridgehead atoms. The van der Waals surface area contributed by atoms with E-state index in [1.807, 2.05) is 61.2 Å². The number of aromatic nitrogens is 1. The van der Waals surface area contributed by atoms with E-state index in [0.29, 0.717) is 23.8 Å². The molecule has 29 heavy (non-hydrogen) atoms. The van der Waals surface area contributed by atoms with E-state index in [2.05, 4.69) is 23.3 Å². The fourth-order valence-corrected chi connectivity index (χ4v) is 3.65. The smallest absolute Gasteiger partial charge is 0.253 e. The lowest BCUT2D eigenvalue weighted by molar-refractivity contribution is 0.244. The summed E-state index contributed by atoms with van der Waals surface area (Å²) >= 11 is 5.58. The second-order valence-electron chi connectivity index (χ2n) is 7.37. The molecule has 0 aliphatic carbocycles. The number of rotatable bonds is 6. The van der Waals surface area contributed by atoms with Gasteiger partial charge in [-0.1, -0.05) is 30.3 Å². The molecule has 0 spiro atoms. The zero-order valence-corrected chi connectivity index (χ0v) is 17.8. The third-order valence-electron chi connectivity index (χ3n) is 5.19. The molecule has 2 aromatic carbocycles. The van der Waals surface area contributed by atoms with Crippen molar-refractivity contribution in [2.75, 3.05) is 13.2 Å². The number of H-pyrrole nitrogens is 1. The standard InChI is InChI=1S/C23H27N3O2S/c1-15-11-19-13-20(22(28)25-21(19)12-16(15)2)14-26(9-10-27)23(29)24-17(3)18-7-5-4-6-8-18/h4-8,11-13,17,27H,9-10,14H2,1-3H3,(H,24,29)(H,25,28)/t17-/m1/s1. The zero-order chi connectivity index (χ0) is 21.0. The summed E-state index contributed by atoms with van der Waals surface area (Å²) in [4.78, 5) is 17.4. The number of aryl methyl sites for hydroxylation is 2. The Morgan fingerprint density at radius 3 is 2.55 bits per heavy atom. The number of fused-ring (bicyclic) bond motifs is 1. The molecule has 0 aliphatic heterocycles. The molecule has 3 rings (SSSR count). The van der Waals surface area contributed by atoms with Crippen LogP contribution in [0.15, 0.2) is 53.3 Å². The van der Waals surface area contributed by atoms with Crippen LogP contribution < -0.4 is 10.9 Å². The number of nitrogens with one attached hydrogen (secondary N) is 2. The molecular weight excluding hydrogens is 382 g/mol. The summed E-state index contributed by atoms with van der Waals surface area (Å²) in [6.07, 6.45) is 0. The molecule has 1 aromatic heterocycles. The molecule has 0 amide bonds. The van der Waals surface area contributed by atoms with E-state index in [-0.39, 0.29) is 18.2 Å². The van der Waals surface area contributed by atoms with Crippen molar-refractivity contribution in [2.24, 2.45) is 0 Å². The minimum atomic E-state index is -0.136. The highest BCUT2D eigenvalue weighted by Crippen LogP contribution is 2.18. The minimum Gasteiger partial charge on any atom is -0.395 e. The Bertz CT molecular complexity index is 1060. The topological polar surface area (TPSA) is 68.4 Å². The van der Waals surface area contributed by atoms with Crippen molar-refractivity contribution in [3.8, 4) is 0 Å². The molecule has 0 aliphatic rings. The van der Waals surface area contributed by atoms with Gasteiger partial charge in [0, 0.05) is 17.6 Å². The Labute approximate surface area is 176 Å². The molecular formula is C23H27N3O2S. The van der Waals surface area contributed by atoms with Gasteiger partial charge in [-0.3, -0.25) is 4.79 Å². The first kappa shape index (κ1) is 21.0. The van der Waals surface area contributed by atoms with Crippen LogP contribution in [0.1, 0.15) is 35.2 Å². The lowest BCUT2D eigenvalue weighted by atomic mass is 10.0. The summed E-state index contributed by atoms with van der Waals surface area (Å²) in [5, 5.41) is 14.3. The van der Waals surface area contributed by atoms with E-state index in [1.165, 1.54) is 5.56 Å². The number of hydrogen-bond donors (Lipinski definition) is 3. The first-order valence-corrected chi connectivity index (χ1v) is 10.1. The lowest BCUT2D eigenvalue weighted by Crippen LogP contribution is -2.42. The number of thiocarbonyl (C=S) groups is 1. The van der Waals surface area contributed by atoms with Crippen LogP contribution in [0.25, 0.3) is 10.9 Å². The number of hydrogen-bond acceptors (Lipinski definition) is 3. The quantitative estimate of drug-likeness (QED) is 0.543. The molecule has 3 aromatic rings. The van der Waals surface area contributed by atoms with Crippen LogP contribution >= 0.6 is 12.2 Å². The Hall–Kier alpha value is -2.70. The fourth-order valence-electron chi connectivity index (χ4n) is 3.32. The maximum absolute atomic E-state index is 12.6. The minimum absolute atomic E-state index is 0.0189. The van der Waals surface area contributed by atoms with Crippen molar-refractivity contribution in [3.05, 3.63) is 81.1 Å². The molecule has 0 saturated carbocycles. The SMILES string of the molecule is Cc1cc2cc(CN(CCO)C(=S)N[C@H](C)c3ccccc3)c(=O)[nH]c2cc1C. The van der Waals surface area contributed by atoms with Gasteiger partial charge >= 0.3 is 0 Å². The zero-order valence-electron chi connectivity index (χ0n) is 17.0. The first-order valence-electron chi connectivity index (χ1n) is 9.73. The van der Waals surface area contributed by atoms with Gasteiger partial charge in [0.25, 0.3) is 5.56 Å². The van der Waals surface area contributed by atoms with Gasteiger partial charge in [-0.15, -0.1) is 0 Å². The molecule has 1 heterocycles. The van der Waals surface area contributed by atoms with Gasteiger partial charge in [-0.05, 0) is 73.3 Å². The molecule has 0 saturated heterocycles. The molecule has 152 valence electrons. The van der Waals surface area contributed by atoms with E-state index < -0.39 is 0 Å². The summed E-state index contributed by atoms with van der Waals surface area (Å²) < 4.78 is 0. The third-order valence-corrected chi connectivity index (χ3v) is 5.57. The van der Waals surface area contributed by atoms with Gasteiger partial charge < -0.3 is 20.3 Å². The predicted octanol–water partition coefficient (Wildman–Crippen LogP) is 3.57. The second-order valence-corrected chi connectivity index (χ2v) is 7.76. The van der Waals surface area contributed by atoms with Crippen molar-refractivity contribution in [2.45, 2.75) is 33.4 Å². The Morgan fingerprint density at radius 2 is 1.86 bits per heavy atom. The van der Waals surface area contributed by atoms with E-state index in [4.69, 9.17) is 12.2 Å². The summed E-state index contributed by atoms with van der Waals surface area (Å²) in [7, 11) is 0. The third kappa shape index (κ3) is 5.02. The highest BCUT2D eigenvalue weighted by atomic mass is 32.1. The first-order chi connectivity index (χ1) is 13.9. The Morgan fingerprint density at radius 1 is 1.17 bits per heavy atom. The van der Waals surface area contributed by atoms with Gasteiger partial charge in [0.05, 0.1) is 19.2 Å². The Balaban J connectivity index is 1.82. The Kier molecular flexibility index (Phi) is 6.67. The number of benzene rings is 2. The van der Waals surface area contributed by atoms with Crippen molar-refractivity contribution in [1.82, 2.24) is 15.2 Å². The fraction of sp³-hybridized carbons (Fsp3) is 0.304. The molecule has 6 heteroatoms. The normalized spacial score (nSPS) is 12.0. The van der Waals surface area contributed by atoms with Crippen LogP contribution in [0.3, 0.4) is 0 Å². The molecule has 5 nitrogen and oxygen atoms in total. The average molecular weight is 410 g/mol. The van der Waals surface area contributed by atoms with Crippen LogP contribution in [-0.2, 0) is 6.54 Å². The highest BCUT2D eigenvalue weighted by Gasteiger charge is 2.15. The average Bonchev–Trinajstić information content (AvgIpc) is 2.70. The highest BCUT2D eigenvalue weighted by molar-refractivity contribution is 7.80. The van der Waals surface area contributed by atoms with E-state index >= 15 is 0 Å². The maximum Gasteiger partial charge on any atom is 0.253 e. The molecule has 0 radical (unpaired) electrons. The summed E-state index contributed by atoms with van der Waals surface area (Å²) in [5.41, 5.74) is 4.75. The lowest BCUT2D eigenvalue weighted by Gasteiger charge is -2.27. The van der Waals surface area contributed by atoms with Crippen LogP contribution in [-0.4, -0.2) is 33.3 Å². The number of aromatic amines is 1. The van der Waals surface area contributed by atoms with Gasteiger partial charge in [0.1, 0.15) is 0 Å². The summed E-state index contributed by atoms with van der Waals surface area (Å²) in [6, 6.07) is 16.0. The number of aliphatic hydroxyl groups is 1. The monoisotopic (exact) mass is 409 g/mol. The van der Waals surface area contributed by atoms with Crippen LogP contribution in [0.2, 0.25) is 0 Å². The van der Waals surface area contributed by atoms with Gasteiger partial charge in [-0.25, -0.2) is 0 Å². The van der Waals surface area contributed by atoms with Crippen LogP contribution in [0.4, 0.5) is 0 Å².